The van der Waals surface area contributed by atoms with Gasteiger partial charge in [-0.1, -0.05) is 42.5 Å². The van der Waals surface area contributed by atoms with Gasteiger partial charge in [-0.25, -0.2) is 0 Å². The third-order valence-electron chi connectivity index (χ3n) is 4.18. The van der Waals surface area contributed by atoms with Crippen LogP contribution in [0.5, 0.6) is 5.75 Å². The van der Waals surface area contributed by atoms with Crippen LogP contribution in [0.1, 0.15) is 23.7 Å². The molecule has 0 aliphatic rings. The highest BCUT2D eigenvalue weighted by atomic mass is 16.7. The van der Waals surface area contributed by atoms with E-state index < -0.39 is 18.3 Å². The molecule has 2 aromatic carbocycles. The molecule has 0 saturated heterocycles. The zero-order chi connectivity index (χ0) is 19.5. The maximum absolute atomic E-state index is 10.5. The Morgan fingerprint density at radius 3 is 2.26 bits per heavy atom. The maximum atomic E-state index is 10.5. The summed E-state index contributed by atoms with van der Waals surface area (Å²) < 4.78 is 21.2. The summed E-state index contributed by atoms with van der Waals surface area (Å²) in [5.41, 5.74) is 1.79. The molecule has 27 heavy (non-hydrogen) atoms. The number of rotatable bonds is 12. The Balaban J connectivity index is 1.82. The molecule has 0 bridgehead atoms. The fourth-order valence-corrected chi connectivity index (χ4v) is 2.66. The summed E-state index contributed by atoms with van der Waals surface area (Å²) in [5, 5.41) is 20.9. The number of methoxy groups -OCH3 is 2. The molecular formula is C21H28O6. The standard InChI is InChI=1S/C21H28O6/c1-24-15-27-21(17-6-4-3-5-7-17)20(23)19(22)12-13-26-14-16-8-10-18(25-2)11-9-16/h3-11,19-23H,12-15H2,1-2H3/t19-,20+,21-/m1/s1. The normalized spacial score (nSPS) is 14.5. The minimum Gasteiger partial charge on any atom is -0.497 e. The van der Waals surface area contributed by atoms with Crippen LogP contribution >= 0.6 is 0 Å². The van der Waals surface area contributed by atoms with Crippen molar-refractivity contribution in [3.05, 3.63) is 65.7 Å². The van der Waals surface area contributed by atoms with E-state index in [1.165, 1.54) is 7.11 Å². The SMILES string of the molecule is COCO[C@H](c1ccccc1)[C@@H](O)[C@H](O)CCOCc1ccc(OC)cc1. The van der Waals surface area contributed by atoms with Gasteiger partial charge in [0.25, 0.3) is 0 Å². The van der Waals surface area contributed by atoms with Gasteiger partial charge in [0.2, 0.25) is 0 Å². The van der Waals surface area contributed by atoms with Gasteiger partial charge in [0, 0.05) is 13.7 Å². The third-order valence-corrected chi connectivity index (χ3v) is 4.18. The van der Waals surface area contributed by atoms with Crippen LogP contribution in [0.3, 0.4) is 0 Å². The van der Waals surface area contributed by atoms with E-state index in [4.69, 9.17) is 18.9 Å². The van der Waals surface area contributed by atoms with Crippen LogP contribution in [0.4, 0.5) is 0 Å². The van der Waals surface area contributed by atoms with Crippen molar-refractivity contribution in [2.24, 2.45) is 0 Å². The zero-order valence-corrected chi connectivity index (χ0v) is 15.8. The fraction of sp³-hybridized carbons (Fsp3) is 0.429. The van der Waals surface area contributed by atoms with Crippen molar-refractivity contribution in [2.45, 2.75) is 31.3 Å². The van der Waals surface area contributed by atoms with Crippen LogP contribution in [-0.4, -0.2) is 50.0 Å². The molecule has 0 saturated carbocycles. The van der Waals surface area contributed by atoms with Crippen LogP contribution in [0.2, 0.25) is 0 Å². The van der Waals surface area contributed by atoms with E-state index in [2.05, 4.69) is 0 Å². The number of aliphatic hydroxyl groups is 2. The third kappa shape index (κ3) is 6.93. The lowest BCUT2D eigenvalue weighted by Gasteiger charge is -2.27. The van der Waals surface area contributed by atoms with Gasteiger partial charge in [-0.05, 0) is 29.7 Å². The summed E-state index contributed by atoms with van der Waals surface area (Å²) in [6.07, 6.45) is -2.46. The number of benzene rings is 2. The molecule has 2 rings (SSSR count). The second kappa shape index (κ2) is 11.7. The Labute approximate surface area is 160 Å². The maximum Gasteiger partial charge on any atom is 0.147 e. The molecule has 0 amide bonds. The van der Waals surface area contributed by atoms with Gasteiger partial charge in [0.1, 0.15) is 24.8 Å². The summed E-state index contributed by atoms with van der Waals surface area (Å²) in [6.45, 7) is 0.766. The molecule has 0 spiro atoms. The molecule has 6 nitrogen and oxygen atoms in total. The molecule has 0 aliphatic carbocycles. The number of hydrogen-bond donors (Lipinski definition) is 2. The summed E-state index contributed by atoms with van der Waals surface area (Å²) in [5.74, 6) is 0.792. The average molecular weight is 376 g/mol. The number of aliphatic hydroxyl groups excluding tert-OH is 2. The molecule has 0 heterocycles. The monoisotopic (exact) mass is 376 g/mol. The lowest BCUT2D eigenvalue weighted by molar-refractivity contribution is -0.143. The Morgan fingerprint density at radius 2 is 1.63 bits per heavy atom. The molecule has 0 unspecified atom stereocenters. The van der Waals surface area contributed by atoms with Gasteiger partial charge >= 0.3 is 0 Å². The van der Waals surface area contributed by atoms with Gasteiger partial charge in [-0.3, -0.25) is 0 Å². The highest BCUT2D eigenvalue weighted by Gasteiger charge is 2.28. The summed E-state index contributed by atoms with van der Waals surface area (Å²) in [4.78, 5) is 0. The van der Waals surface area contributed by atoms with Gasteiger partial charge in [0.15, 0.2) is 0 Å². The van der Waals surface area contributed by atoms with Gasteiger partial charge in [0.05, 0.1) is 19.8 Å². The smallest absolute Gasteiger partial charge is 0.147 e. The zero-order valence-electron chi connectivity index (χ0n) is 15.8. The van der Waals surface area contributed by atoms with Crippen LogP contribution in [-0.2, 0) is 20.8 Å². The largest absolute Gasteiger partial charge is 0.497 e. The average Bonchev–Trinajstić information content (AvgIpc) is 2.72. The van der Waals surface area contributed by atoms with Gasteiger partial charge < -0.3 is 29.2 Å². The van der Waals surface area contributed by atoms with E-state index in [-0.39, 0.29) is 13.2 Å². The minimum atomic E-state index is -1.09. The van der Waals surface area contributed by atoms with Gasteiger partial charge in [-0.15, -0.1) is 0 Å². The Hall–Kier alpha value is -1.96. The number of ether oxygens (including phenoxy) is 4. The van der Waals surface area contributed by atoms with Crippen LogP contribution in [0, 0.1) is 0 Å². The van der Waals surface area contributed by atoms with Crippen molar-refractivity contribution >= 4 is 0 Å². The number of hydrogen-bond acceptors (Lipinski definition) is 6. The first kappa shape index (κ1) is 21.3. The second-order valence-electron chi connectivity index (χ2n) is 6.15. The minimum absolute atomic E-state index is 0.0251. The first-order chi connectivity index (χ1) is 13.2. The van der Waals surface area contributed by atoms with E-state index in [1.807, 2.05) is 54.6 Å². The van der Waals surface area contributed by atoms with E-state index in [0.29, 0.717) is 13.2 Å². The summed E-state index contributed by atoms with van der Waals surface area (Å²) in [6, 6.07) is 16.9. The molecule has 2 N–H and O–H groups in total. The topological polar surface area (TPSA) is 77.4 Å². The molecular weight excluding hydrogens is 348 g/mol. The lowest BCUT2D eigenvalue weighted by atomic mass is 9.99. The summed E-state index contributed by atoms with van der Waals surface area (Å²) >= 11 is 0. The van der Waals surface area contributed by atoms with Crippen molar-refractivity contribution in [2.75, 3.05) is 27.6 Å². The Bertz CT molecular complexity index is 631. The van der Waals surface area contributed by atoms with Crippen LogP contribution in [0.15, 0.2) is 54.6 Å². The first-order valence-electron chi connectivity index (χ1n) is 8.88. The van der Waals surface area contributed by atoms with Crippen molar-refractivity contribution in [1.29, 1.82) is 0 Å². The highest BCUT2D eigenvalue weighted by Crippen LogP contribution is 2.24. The van der Waals surface area contributed by atoms with E-state index in [0.717, 1.165) is 16.9 Å². The van der Waals surface area contributed by atoms with Crippen molar-refractivity contribution in [3.63, 3.8) is 0 Å². The predicted molar refractivity (Wildman–Crippen MR) is 101 cm³/mol. The van der Waals surface area contributed by atoms with Crippen molar-refractivity contribution < 1.29 is 29.2 Å². The second-order valence-corrected chi connectivity index (χ2v) is 6.15. The van der Waals surface area contributed by atoms with Crippen molar-refractivity contribution in [1.82, 2.24) is 0 Å². The van der Waals surface area contributed by atoms with Gasteiger partial charge in [-0.2, -0.15) is 0 Å². The lowest BCUT2D eigenvalue weighted by Crippen LogP contribution is -2.34. The van der Waals surface area contributed by atoms with Crippen LogP contribution < -0.4 is 4.74 Å². The molecule has 0 radical (unpaired) electrons. The molecule has 0 fully saturated rings. The van der Waals surface area contributed by atoms with E-state index >= 15 is 0 Å². The fourth-order valence-electron chi connectivity index (χ4n) is 2.66. The highest BCUT2D eigenvalue weighted by molar-refractivity contribution is 5.26. The molecule has 3 atom stereocenters. The predicted octanol–water partition coefficient (Wildman–Crippen LogP) is 2.69. The Kier molecular flexibility index (Phi) is 9.24. The van der Waals surface area contributed by atoms with Crippen molar-refractivity contribution in [3.8, 4) is 5.75 Å². The molecule has 2 aromatic rings. The first-order valence-corrected chi connectivity index (χ1v) is 8.88. The quantitative estimate of drug-likeness (QED) is 0.438. The van der Waals surface area contributed by atoms with E-state index in [9.17, 15) is 10.2 Å². The summed E-state index contributed by atoms with van der Waals surface area (Å²) in [7, 11) is 3.13. The Morgan fingerprint density at radius 1 is 0.926 bits per heavy atom. The van der Waals surface area contributed by atoms with Crippen LogP contribution in [0.25, 0.3) is 0 Å². The molecule has 0 aromatic heterocycles. The van der Waals surface area contributed by atoms with E-state index in [1.54, 1.807) is 7.11 Å². The molecule has 148 valence electrons. The molecule has 0 aliphatic heterocycles. The molecule has 6 heteroatoms.